The molecule has 5 nitrogen and oxygen atoms in total. The van der Waals surface area contributed by atoms with Crippen LogP contribution in [-0.4, -0.2) is 25.1 Å². The van der Waals surface area contributed by atoms with Gasteiger partial charge in [0.05, 0.1) is 7.11 Å². The van der Waals surface area contributed by atoms with Crippen molar-refractivity contribution in [3.05, 3.63) is 57.7 Å². The van der Waals surface area contributed by atoms with Gasteiger partial charge in [0.2, 0.25) is 5.88 Å². The molecule has 0 fully saturated rings. The summed E-state index contributed by atoms with van der Waals surface area (Å²) in [5.74, 6) is 1.26. The van der Waals surface area contributed by atoms with Crippen LogP contribution >= 0.6 is 47.2 Å². The molecule has 0 atom stereocenters. The van der Waals surface area contributed by atoms with Crippen LogP contribution < -0.4 is 15.4 Å². The topological polar surface area (TPSA) is 58.5 Å². The van der Waals surface area contributed by atoms with E-state index in [0.717, 1.165) is 11.1 Å². The zero-order valence-corrected chi connectivity index (χ0v) is 17.2. The molecule has 8 heteroatoms. The van der Waals surface area contributed by atoms with Crippen molar-refractivity contribution in [2.24, 2.45) is 4.99 Å². The number of aromatic nitrogens is 1. The molecule has 1 heterocycles. The highest BCUT2D eigenvalue weighted by Gasteiger charge is 2.04. The number of pyridine rings is 1. The maximum atomic E-state index is 6.16. The van der Waals surface area contributed by atoms with E-state index in [1.807, 2.05) is 24.3 Å². The van der Waals surface area contributed by atoms with Gasteiger partial charge in [-0.15, -0.1) is 24.0 Å². The quantitative estimate of drug-likeness (QED) is 0.387. The lowest BCUT2D eigenvalue weighted by Crippen LogP contribution is -2.36. The van der Waals surface area contributed by atoms with Crippen molar-refractivity contribution in [3.63, 3.8) is 0 Å². The summed E-state index contributed by atoms with van der Waals surface area (Å²) in [7, 11) is 3.31. The van der Waals surface area contributed by atoms with Crippen LogP contribution in [0.1, 0.15) is 11.1 Å². The van der Waals surface area contributed by atoms with E-state index < -0.39 is 0 Å². The molecule has 0 aliphatic carbocycles. The van der Waals surface area contributed by atoms with E-state index in [0.29, 0.717) is 35.0 Å². The van der Waals surface area contributed by atoms with Gasteiger partial charge in [0.15, 0.2) is 5.96 Å². The zero-order chi connectivity index (χ0) is 16.7. The second kappa shape index (κ2) is 10.6. The fourth-order valence-corrected chi connectivity index (χ4v) is 2.40. The molecule has 2 aromatic rings. The van der Waals surface area contributed by atoms with Gasteiger partial charge < -0.3 is 15.4 Å². The Labute approximate surface area is 168 Å². The minimum Gasteiger partial charge on any atom is -0.481 e. The number of hydrogen-bond acceptors (Lipinski definition) is 3. The van der Waals surface area contributed by atoms with Crippen molar-refractivity contribution < 1.29 is 4.74 Å². The fourth-order valence-electron chi connectivity index (χ4n) is 1.92. The molecule has 0 saturated heterocycles. The summed E-state index contributed by atoms with van der Waals surface area (Å²) in [5, 5.41) is 7.68. The third kappa shape index (κ3) is 6.33. The van der Waals surface area contributed by atoms with Crippen LogP contribution in [0.5, 0.6) is 5.88 Å². The molecule has 130 valence electrons. The van der Waals surface area contributed by atoms with E-state index in [2.05, 4.69) is 20.6 Å². The van der Waals surface area contributed by atoms with Gasteiger partial charge in [-0.05, 0) is 29.3 Å². The zero-order valence-electron chi connectivity index (χ0n) is 13.3. The molecule has 0 bridgehead atoms. The molecule has 1 aromatic heterocycles. The Bertz CT molecular complexity index is 698. The van der Waals surface area contributed by atoms with Crippen molar-refractivity contribution in [1.29, 1.82) is 0 Å². The number of halogens is 3. The number of benzene rings is 1. The molecule has 0 unspecified atom stereocenters. The maximum absolute atomic E-state index is 6.16. The van der Waals surface area contributed by atoms with E-state index in [1.54, 1.807) is 26.4 Å². The van der Waals surface area contributed by atoms with Crippen LogP contribution in [0.3, 0.4) is 0 Å². The van der Waals surface area contributed by atoms with Gasteiger partial charge in [0.1, 0.15) is 0 Å². The second-order valence-electron chi connectivity index (χ2n) is 4.72. The number of hydrogen-bond donors (Lipinski definition) is 2. The van der Waals surface area contributed by atoms with Crippen LogP contribution in [-0.2, 0) is 13.1 Å². The number of guanidine groups is 1. The van der Waals surface area contributed by atoms with Crippen molar-refractivity contribution in [3.8, 4) is 5.88 Å². The molecule has 0 radical (unpaired) electrons. The lowest BCUT2D eigenvalue weighted by atomic mass is 10.2. The summed E-state index contributed by atoms with van der Waals surface area (Å²) in [6.45, 7) is 1.16. The number of nitrogens with one attached hydrogen (secondary N) is 2. The third-order valence-corrected chi connectivity index (χ3v) is 3.74. The minimum absolute atomic E-state index is 0. The highest BCUT2D eigenvalue weighted by Crippen LogP contribution is 2.20. The molecule has 2 rings (SSSR count). The van der Waals surface area contributed by atoms with Crippen molar-refractivity contribution in [2.75, 3.05) is 14.2 Å². The number of methoxy groups -OCH3 is 1. The van der Waals surface area contributed by atoms with Crippen LogP contribution in [0.15, 0.2) is 41.5 Å². The van der Waals surface area contributed by atoms with Gasteiger partial charge in [-0.25, -0.2) is 4.98 Å². The molecular formula is C16H19Cl2IN4O. The van der Waals surface area contributed by atoms with Crippen LogP contribution in [0.25, 0.3) is 0 Å². The van der Waals surface area contributed by atoms with E-state index >= 15 is 0 Å². The number of ether oxygens (including phenoxy) is 1. The summed E-state index contributed by atoms with van der Waals surface area (Å²) in [5.41, 5.74) is 1.99. The Kier molecular flexibility index (Phi) is 9.17. The van der Waals surface area contributed by atoms with E-state index in [9.17, 15) is 0 Å². The first kappa shape index (κ1) is 20.8. The average molecular weight is 481 g/mol. The number of rotatable bonds is 5. The Hall–Kier alpha value is -1.25. The minimum atomic E-state index is 0. The summed E-state index contributed by atoms with van der Waals surface area (Å²) in [6.07, 6.45) is 1.71. The molecule has 0 saturated carbocycles. The SMILES string of the molecule is CN=C(NCc1ccnc(OC)c1)NCc1ccc(Cl)cc1Cl.I. The van der Waals surface area contributed by atoms with Crippen LogP contribution in [0.4, 0.5) is 0 Å². The van der Waals surface area contributed by atoms with Gasteiger partial charge in [0, 0.05) is 42.4 Å². The molecule has 0 aliphatic heterocycles. The van der Waals surface area contributed by atoms with E-state index in [-0.39, 0.29) is 24.0 Å². The van der Waals surface area contributed by atoms with Gasteiger partial charge >= 0.3 is 0 Å². The molecule has 0 spiro atoms. The lowest BCUT2D eigenvalue weighted by Gasteiger charge is -2.13. The highest BCUT2D eigenvalue weighted by molar-refractivity contribution is 14.0. The third-order valence-electron chi connectivity index (χ3n) is 3.15. The normalized spacial score (nSPS) is 10.8. The summed E-state index contributed by atoms with van der Waals surface area (Å²) >= 11 is 12.0. The lowest BCUT2D eigenvalue weighted by molar-refractivity contribution is 0.397. The molecule has 0 amide bonds. The summed E-state index contributed by atoms with van der Waals surface area (Å²) < 4.78 is 5.11. The molecule has 0 aliphatic rings. The van der Waals surface area contributed by atoms with Crippen LogP contribution in [0, 0.1) is 0 Å². The Morgan fingerprint density at radius 3 is 2.58 bits per heavy atom. The number of aliphatic imine (C=N–C) groups is 1. The molecular weight excluding hydrogens is 462 g/mol. The highest BCUT2D eigenvalue weighted by atomic mass is 127. The smallest absolute Gasteiger partial charge is 0.213 e. The van der Waals surface area contributed by atoms with Crippen molar-refractivity contribution >= 4 is 53.1 Å². The van der Waals surface area contributed by atoms with Gasteiger partial charge in [-0.3, -0.25) is 4.99 Å². The Morgan fingerprint density at radius 2 is 1.92 bits per heavy atom. The average Bonchev–Trinajstić information content (AvgIpc) is 2.56. The van der Waals surface area contributed by atoms with E-state index in [4.69, 9.17) is 27.9 Å². The summed E-state index contributed by atoms with van der Waals surface area (Å²) in [4.78, 5) is 8.26. The monoisotopic (exact) mass is 480 g/mol. The molecule has 2 N–H and O–H groups in total. The van der Waals surface area contributed by atoms with Crippen LogP contribution in [0.2, 0.25) is 10.0 Å². The molecule has 24 heavy (non-hydrogen) atoms. The predicted octanol–water partition coefficient (Wildman–Crippen LogP) is 3.88. The summed E-state index contributed by atoms with van der Waals surface area (Å²) in [6, 6.07) is 9.21. The molecule has 1 aromatic carbocycles. The predicted molar refractivity (Wildman–Crippen MR) is 110 cm³/mol. The first-order valence-corrected chi connectivity index (χ1v) is 7.75. The maximum Gasteiger partial charge on any atom is 0.213 e. The van der Waals surface area contributed by atoms with Gasteiger partial charge in [-0.1, -0.05) is 29.3 Å². The van der Waals surface area contributed by atoms with Crippen molar-refractivity contribution in [1.82, 2.24) is 15.6 Å². The first-order chi connectivity index (χ1) is 11.1. The van der Waals surface area contributed by atoms with E-state index in [1.165, 1.54) is 0 Å². The first-order valence-electron chi connectivity index (χ1n) is 6.99. The Morgan fingerprint density at radius 1 is 1.17 bits per heavy atom. The van der Waals surface area contributed by atoms with Gasteiger partial charge in [-0.2, -0.15) is 0 Å². The standard InChI is InChI=1S/C16H18Cl2N4O.HI/c1-19-16(21-9-11-5-6-20-15(7-11)23-2)22-10-12-3-4-13(17)8-14(12)18;/h3-8H,9-10H2,1-2H3,(H2,19,21,22);1H. The largest absolute Gasteiger partial charge is 0.481 e. The fraction of sp³-hybridized carbons (Fsp3) is 0.250. The van der Waals surface area contributed by atoms with Gasteiger partial charge in [0.25, 0.3) is 0 Å². The number of nitrogens with zero attached hydrogens (tertiary/aromatic N) is 2. The van der Waals surface area contributed by atoms with Crippen molar-refractivity contribution in [2.45, 2.75) is 13.1 Å². The second-order valence-corrected chi connectivity index (χ2v) is 5.57. The Balaban J connectivity index is 0.00000288.